The summed E-state index contributed by atoms with van der Waals surface area (Å²) in [5.41, 5.74) is -0.652. The Balaban J connectivity index is 2.28. The van der Waals surface area contributed by atoms with E-state index in [-0.39, 0.29) is 19.0 Å². The molecule has 2 rings (SSSR count). The minimum absolute atomic E-state index is 0.101. The highest BCUT2D eigenvalue weighted by molar-refractivity contribution is 6.13. The molecule has 0 atom stereocenters. The highest BCUT2D eigenvalue weighted by Gasteiger charge is 2.54. The van der Waals surface area contributed by atoms with Crippen molar-refractivity contribution in [1.29, 1.82) is 0 Å². The second-order valence-corrected chi connectivity index (χ2v) is 3.50. The molecule has 0 amide bonds. The van der Waals surface area contributed by atoms with Crippen molar-refractivity contribution in [2.45, 2.75) is 0 Å². The number of hydrogen-bond acceptors (Lipinski definition) is 4. The summed E-state index contributed by atoms with van der Waals surface area (Å²) < 4.78 is 9.58. The van der Waals surface area contributed by atoms with Crippen LogP contribution in [0.25, 0.3) is 0 Å². The maximum atomic E-state index is 12.0. The molecule has 1 aromatic rings. The van der Waals surface area contributed by atoms with Gasteiger partial charge in [-0.3, -0.25) is 9.59 Å². The van der Waals surface area contributed by atoms with Crippen molar-refractivity contribution in [3.05, 3.63) is 24.0 Å². The summed E-state index contributed by atoms with van der Waals surface area (Å²) >= 11 is 0. The van der Waals surface area contributed by atoms with Gasteiger partial charge in [0.05, 0.1) is 20.3 Å². The number of rotatable bonds is 3. The Morgan fingerprint density at radius 3 is 2.67 bits per heavy atom. The number of methoxy groups -OCH3 is 1. The molecule has 1 aliphatic rings. The predicted molar refractivity (Wildman–Crippen MR) is 50.4 cm³/mol. The number of carbonyl (C=O) groups excluding carboxylic acids is 2. The van der Waals surface area contributed by atoms with E-state index in [1.54, 1.807) is 18.5 Å². The van der Waals surface area contributed by atoms with Gasteiger partial charge in [0.2, 0.25) is 0 Å². The number of aromatic amines is 1. The van der Waals surface area contributed by atoms with Crippen LogP contribution in [0, 0.1) is 5.41 Å². The van der Waals surface area contributed by atoms with Crippen LogP contribution in [0.4, 0.5) is 0 Å². The van der Waals surface area contributed by atoms with Crippen LogP contribution in [0.2, 0.25) is 0 Å². The molecule has 15 heavy (non-hydrogen) atoms. The maximum Gasteiger partial charge on any atom is 0.324 e. The van der Waals surface area contributed by atoms with Crippen LogP contribution in [0.1, 0.15) is 10.4 Å². The molecule has 1 N–H and O–H groups in total. The molecule has 5 nitrogen and oxygen atoms in total. The Bertz CT molecular complexity index is 378. The van der Waals surface area contributed by atoms with Gasteiger partial charge >= 0.3 is 5.97 Å². The maximum absolute atomic E-state index is 12.0. The molecule has 2 heterocycles. The number of hydrogen-bond donors (Lipinski definition) is 1. The Hall–Kier alpha value is -1.62. The van der Waals surface area contributed by atoms with Gasteiger partial charge in [0.1, 0.15) is 0 Å². The van der Waals surface area contributed by atoms with E-state index in [0.717, 1.165) is 0 Å². The molecule has 0 aromatic carbocycles. The van der Waals surface area contributed by atoms with Gasteiger partial charge in [-0.25, -0.2) is 0 Å². The van der Waals surface area contributed by atoms with E-state index in [1.165, 1.54) is 7.11 Å². The lowest BCUT2D eigenvalue weighted by Crippen LogP contribution is -2.55. The Morgan fingerprint density at radius 2 is 2.27 bits per heavy atom. The SMILES string of the molecule is COC(=O)C1(C(=O)c2cc[nH]c2)COC1. The van der Waals surface area contributed by atoms with Gasteiger partial charge < -0.3 is 14.5 Å². The smallest absolute Gasteiger partial charge is 0.324 e. The highest BCUT2D eigenvalue weighted by Crippen LogP contribution is 2.33. The monoisotopic (exact) mass is 209 g/mol. The van der Waals surface area contributed by atoms with Crippen LogP contribution >= 0.6 is 0 Å². The van der Waals surface area contributed by atoms with Crippen molar-refractivity contribution in [2.24, 2.45) is 5.41 Å². The topological polar surface area (TPSA) is 68.4 Å². The third kappa shape index (κ3) is 1.35. The van der Waals surface area contributed by atoms with Gasteiger partial charge in [-0.1, -0.05) is 0 Å². The number of ketones is 1. The van der Waals surface area contributed by atoms with Crippen molar-refractivity contribution >= 4 is 11.8 Å². The molecule has 0 radical (unpaired) electrons. The zero-order valence-corrected chi connectivity index (χ0v) is 8.28. The fourth-order valence-electron chi connectivity index (χ4n) is 1.58. The van der Waals surface area contributed by atoms with E-state index >= 15 is 0 Å². The Morgan fingerprint density at radius 1 is 1.53 bits per heavy atom. The summed E-state index contributed by atoms with van der Waals surface area (Å²) in [6.07, 6.45) is 3.20. The van der Waals surface area contributed by atoms with E-state index in [2.05, 4.69) is 9.72 Å². The Kier molecular flexibility index (Phi) is 2.32. The summed E-state index contributed by atoms with van der Waals surface area (Å²) in [6.45, 7) is 0.202. The van der Waals surface area contributed by atoms with Crippen LogP contribution in [0.5, 0.6) is 0 Å². The van der Waals surface area contributed by atoms with E-state index in [9.17, 15) is 9.59 Å². The summed E-state index contributed by atoms with van der Waals surface area (Å²) in [7, 11) is 1.27. The molecule has 1 aromatic heterocycles. The summed E-state index contributed by atoms with van der Waals surface area (Å²) in [5.74, 6) is -0.776. The normalized spacial score (nSPS) is 17.9. The van der Waals surface area contributed by atoms with Crippen LogP contribution < -0.4 is 0 Å². The first-order chi connectivity index (χ1) is 7.20. The first kappa shape index (κ1) is 9.92. The van der Waals surface area contributed by atoms with E-state index in [0.29, 0.717) is 5.56 Å². The van der Waals surface area contributed by atoms with Crippen LogP contribution in [-0.2, 0) is 14.3 Å². The summed E-state index contributed by atoms with van der Waals surface area (Å²) in [5, 5.41) is 0. The van der Waals surface area contributed by atoms with E-state index in [1.807, 2.05) is 0 Å². The number of esters is 1. The van der Waals surface area contributed by atoms with Crippen molar-refractivity contribution < 1.29 is 19.1 Å². The molecule has 1 saturated heterocycles. The molecule has 0 spiro atoms. The standard InChI is InChI=1S/C10H11NO4/c1-14-9(13)10(5-15-6-10)8(12)7-2-3-11-4-7/h2-4,11H,5-6H2,1H3. The van der Waals surface area contributed by atoms with Gasteiger partial charge in [0.25, 0.3) is 0 Å². The molecule has 0 unspecified atom stereocenters. The lowest BCUT2D eigenvalue weighted by molar-refractivity contribution is -0.172. The second kappa shape index (κ2) is 3.51. The third-order valence-corrected chi connectivity index (χ3v) is 2.57. The molecule has 0 aliphatic carbocycles. The number of carbonyl (C=O) groups is 2. The molecule has 5 heteroatoms. The van der Waals surface area contributed by atoms with Crippen molar-refractivity contribution in [1.82, 2.24) is 4.98 Å². The number of nitrogens with one attached hydrogen (secondary N) is 1. The van der Waals surface area contributed by atoms with E-state index in [4.69, 9.17) is 4.74 Å². The summed E-state index contributed by atoms with van der Waals surface area (Å²) in [4.78, 5) is 26.3. The lowest BCUT2D eigenvalue weighted by Gasteiger charge is -2.36. The fraction of sp³-hybridized carbons (Fsp3) is 0.400. The molecular weight excluding hydrogens is 198 g/mol. The van der Waals surface area contributed by atoms with Crippen LogP contribution in [0.15, 0.2) is 18.5 Å². The largest absolute Gasteiger partial charge is 0.468 e. The van der Waals surface area contributed by atoms with Gasteiger partial charge in [-0.15, -0.1) is 0 Å². The average molecular weight is 209 g/mol. The first-order valence-electron chi connectivity index (χ1n) is 4.54. The van der Waals surface area contributed by atoms with Crippen molar-refractivity contribution in [3.8, 4) is 0 Å². The fourth-order valence-corrected chi connectivity index (χ4v) is 1.58. The first-order valence-corrected chi connectivity index (χ1v) is 4.54. The van der Waals surface area contributed by atoms with Crippen LogP contribution in [0.3, 0.4) is 0 Å². The quantitative estimate of drug-likeness (QED) is 0.444. The zero-order chi connectivity index (χ0) is 10.9. The number of aromatic nitrogens is 1. The number of ether oxygens (including phenoxy) is 2. The van der Waals surface area contributed by atoms with Crippen molar-refractivity contribution in [3.63, 3.8) is 0 Å². The van der Waals surface area contributed by atoms with E-state index < -0.39 is 11.4 Å². The van der Waals surface area contributed by atoms with Crippen LogP contribution in [-0.4, -0.2) is 37.1 Å². The molecule has 80 valence electrons. The molecular formula is C10H11NO4. The third-order valence-electron chi connectivity index (χ3n) is 2.57. The second-order valence-electron chi connectivity index (χ2n) is 3.50. The highest BCUT2D eigenvalue weighted by atomic mass is 16.5. The summed E-state index contributed by atoms with van der Waals surface area (Å²) in [6, 6.07) is 1.63. The van der Waals surface area contributed by atoms with Gasteiger partial charge in [0.15, 0.2) is 11.2 Å². The van der Waals surface area contributed by atoms with Gasteiger partial charge in [-0.05, 0) is 6.07 Å². The van der Waals surface area contributed by atoms with Crippen molar-refractivity contribution in [2.75, 3.05) is 20.3 Å². The molecule has 1 aliphatic heterocycles. The zero-order valence-electron chi connectivity index (χ0n) is 8.28. The molecule has 0 saturated carbocycles. The van der Waals surface area contributed by atoms with Gasteiger partial charge in [-0.2, -0.15) is 0 Å². The number of H-pyrrole nitrogens is 1. The number of Topliss-reactive ketones (excluding diaryl/α,β-unsaturated/α-hetero) is 1. The average Bonchev–Trinajstić information content (AvgIpc) is 2.68. The lowest BCUT2D eigenvalue weighted by atomic mass is 9.79. The minimum atomic E-state index is -1.13. The molecule has 1 fully saturated rings. The predicted octanol–water partition coefficient (Wildman–Crippen LogP) is 0.387. The Labute approximate surface area is 86.4 Å². The minimum Gasteiger partial charge on any atom is -0.468 e. The van der Waals surface area contributed by atoms with Gasteiger partial charge in [0, 0.05) is 18.0 Å². The molecule has 0 bridgehead atoms.